The third-order valence-corrected chi connectivity index (χ3v) is 7.12. The highest BCUT2D eigenvalue weighted by molar-refractivity contribution is 7.99. The van der Waals surface area contributed by atoms with E-state index >= 15 is 0 Å². The third kappa shape index (κ3) is 4.46. The molecule has 1 amide bonds. The normalized spacial score (nSPS) is 10.7. The summed E-state index contributed by atoms with van der Waals surface area (Å²) in [7, 11) is 0. The molecule has 0 aliphatic heterocycles. The first-order valence-corrected chi connectivity index (χ1v) is 11.9. The van der Waals surface area contributed by atoms with Crippen molar-refractivity contribution >= 4 is 56.2 Å². The maximum Gasteiger partial charge on any atom is 0.263 e. The number of nitriles is 1. The van der Waals surface area contributed by atoms with Crippen molar-refractivity contribution in [3.63, 3.8) is 0 Å². The average molecular weight is 465 g/mol. The second kappa shape index (κ2) is 9.31. The summed E-state index contributed by atoms with van der Waals surface area (Å²) in [6.45, 7) is 4.05. The molecular formula is C22H16N4O2S3. The van der Waals surface area contributed by atoms with Crippen LogP contribution in [0, 0.1) is 11.3 Å². The lowest BCUT2D eigenvalue weighted by atomic mass is 10.2. The van der Waals surface area contributed by atoms with Gasteiger partial charge in [0.2, 0.25) is 5.91 Å². The summed E-state index contributed by atoms with van der Waals surface area (Å²) in [6.07, 6.45) is 1.64. The molecule has 0 radical (unpaired) electrons. The Balaban J connectivity index is 1.60. The molecular weight excluding hydrogens is 448 g/mol. The van der Waals surface area contributed by atoms with Gasteiger partial charge in [-0.05, 0) is 29.6 Å². The zero-order valence-electron chi connectivity index (χ0n) is 16.2. The first-order valence-electron chi connectivity index (χ1n) is 9.20. The Kier molecular flexibility index (Phi) is 6.32. The lowest BCUT2D eigenvalue weighted by Gasteiger charge is -2.11. The van der Waals surface area contributed by atoms with Crippen molar-refractivity contribution in [3.05, 3.63) is 75.7 Å². The molecule has 6 nitrogen and oxygen atoms in total. The Bertz CT molecular complexity index is 1360. The molecule has 4 aromatic rings. The van der Waals surface area contributed by atoms with Crippen LogP contribution in [0.2, 0.25) is 0 Å². The Labute approximate surface area is 190 Å². The molecule has 4 rings (SSSR count). The number of nitrogens with one attached hydrogen (secondary N) is 1. The van der Waals surface area contributed by atoms with E-state index < -0.39 is 0 Å². The maximum atomic E-state index is 13.3. The van der Waals surface area contributed by atoms with E-state index in [1.165, 1.54) is 23.1 Å². The highest BCUT2D eigenvalue weighted by Crippen LogP contribution is 2.34. The Morgan fingerprint density at radius 1 is 1.32 bits per heavy atom. The van der Waals surface area contributed by atoms with Crippen LogP contribution in [0.1, 0.15) is 5.56 Å². The third-order valence-electron chi connectivity index (χ3n) is 4.36. The van der Waals surface area contributed by atoms with Gasteiger partial charge >= 0.3 is 0 Å². The topological polar surface area (TPSA) is 87.8 Å². The van der Waals surface area contributed by atoms with E-state index in [9.17, 15) is 9.59 Å². The maximum absolute atomic E-state index is 13.3. The van der Waals surface area contributed by atoms with E-state index in [0.29, 0.717) is 33.2 Å². The smallest absolute Gasteiger partial charge is 0.263 e. The predicted octanol–water partition coefficient (Wildman–Crippen LogP) is 4.97. The number of hydrogen-bond donors (Lipinski definition) is 1. The molecule has 0 saturated heterocycles. The van der Waals surface area contributed by atoms with E-state index in [1.54, 1.807) is 46.2 Å². The van der Waals surface area contributed by atoms with Gasteiger partial charge < -0.3 is 5.32 Å². The van der Waals surface area contributed by atoms with E-state index in [1.807, 2.05) is 29.0 Å². The highest BCUT2D eigenvalue weighted by atomic mass is 32.2. The molecule has 1 N–H and O–H groups in total. The number of fused-ring (bicyclic) bond motifs is 1. The minimum Gasteiger partial charge on any atom is -0.325 e. The summed E-state index contributed by atoms with van der Waals surface area (Å²) in [6, 6.07) is 12.7. The van der Waals surface area contributed by atoms with Crippen molar-refractivity contribution in [1.29, 1.82) is 5.26 Å². The van der Waals surface area contributed by atoms with Gasteiger partial charge in [0.05, 0.1) is 22.8 Å². The molecule has 0 bridgehead atoms. The van der Waals surface area contributed by atoms with Crippen molar-refractivity contribution in [2.45, 2.75) is 11.7 Å². The van der Waals surface area contributed by atoms with E-state index in [4.69, 9.17) is 5.26 Å². The number of thiophene rings is 2. The van der Waals surface area contributed by atoms with Crippen LogP contribution in [0.3, 0.4) is 0 Å². The van der Waals surface area contributed by atoms with Gasteiger partial charge in [-0.3, -0.25) is 14.2 Å². The molecule has 31 heavy (non-hydrogen) atoms. The number of hydrogen-bond acceptors (Lipinski definition) is 7. The number of allylic oxidation sites excluding steroid dienone is 1. The summed E-state index contributed by atoms with van der Waals surface area (Å²) < 4.78 is 1.55. The minimum absolute atomic E-state index is 0.0784. The number of carbonyl (C=O) groups excluding carboxylic acids is 1. The first kappa shape index (κ1) is 21.1. The summed E-state index contributed by atoms with van der Waals surface area (Å²) in [5.74, 6) is -0.167. The van der Waals surface area contributed by atoms with E-state index in [2.05, 4.69) is 16.9 Å². The lowest BCUT2D eigenvalue weighted by molar-refractivity contribution is -0.113. The van der Waals surface area contributed by atoms with Crippen molar-refractivity contribution in [2.24, 2.45) is 0 Å². The summed E-state index contributed by atoms with van der Waals surface area (Å²) >= 11 is 4.19. The molecule has 0 fully saturated rings. The van der Waals surface area contributed by atoms with Gasteiger partial charge in [0.25, 0.3) is 5.56 Å². The number of thioether (sulfide) groups is 1. The molecule has 0 aliphatic carbocycles. The zero-order valence-corrected chi connectivity index (χ0v) is 18.6. The average Bonchev–Trinajstić information content (AvgIpc) is 3.44. The van der Waals surface area contributed by atoms with Gasteiger partial charge in [0.1, 0.15) is 4.83 Å². The Morgan fingerprint density at radius 3 is 2.94 bits per heavy atom. The van der Waals surface area contributed by atoms with E-state index in [-0.39, 0.29) is 17.2 Å². The van der Waals surface area contributed by atoms with Crippen molar-refractivity contribution in [2.75, 3.05) is 11.1 Å². The number of nitrogens with zero attached hydrogens (tertiary/aromatic N) is 3. The van der Waals surface area contributed by atoms with Gasteiger partial charge in [-0.2, -0.15) is 5.26 Å². The number of benzene rings is 1. The molecule has 0 aliphatic rings. The Morgan fingerprint density at radius 2 is 2.19 bits per heavy atom. The Hall–Kier alpha value is -3.19. The molecule has 0 saturated carbocycles. The molecule has 0 unspecified atom stereocenters. The predicted molar refractivity (Wildman–Crippen MR) is 128 cm³/mol. The second-order valence-electron chi connectivity index (χ2n) is 6.44. The van der Waals surface area contributed by atoms with Crippen molar-refractivity contribution < 1.29 is 4.79 Å². The summed E-state index contributed by atoms with van der Waals surface area (Å²) in [5.41, 5.74) is 1.77. The molecule has 154 valence electrons. The highest BCUT2D eigenvalue weighted by Gasteiger charge is 2.18. The van der Waals surface area contributed by atoms with Crippen LogP contribution in [0.25, 0.3) is 20.7 Å². The minimum atomic E-state index is -0.245. The van der Waals surface area contributed by atoms with Crippen LogP contribution in [0.15, 0.2) is 69.8 Å². The van der Waals surface area contributed by atoms with Crippen LogP contribution in [0.4, 0.5) is 5.69 Å². The molecule has 9 heteroatoms. The number of rotatable bonds is 7. The second-order valence-corrected chi connectivity index (χ2v) is 9.18. The van der Waals surface area contributed by atoms with Crippen LogP contribution >= 0.6 is 34.4 Å². The van der Waals surface area contributed by atoms with Crippen LogP contribution in [0.5, 0.6) is 0 Å². The zero-order chi connectivity index (χ0) is 21.8. The number of carbonyl (C=O) groups is 1. The van der Waals surface area contributed by atoms with Crippen LogP contribution < -0.4 is 10.9 Å². The SMILES string of the molecule is C=CCn1c(SCC(=O)Nc2cccc(C#N)c2)nc2scc(-c3cccs3)c2c1=O. The number of aromatic nitrogens is 2. The first-order chi connectivity index (χ1) is 15.1. The standard InChI is InChI=1S/C22H16N4O2S3/c1-2-8-26-21(28)19-16(17-7-4-9-29-17)12-30-20(19)25-22(26)31-13-18(27)24-15-6-3-5-14(10-15)11-23/h2-7,9-10,12H,1,8,13H2,(H,24,27). The fourth-order valence-electron chi connectivity index (χ4n) is 3.01. The number of anilines is 1. The largest absolute Gasteiger partial charge is 0.325 e. The van der Waals surface area contributed by atoms with E-state index in [0.717, 1.165) is 10.4 Å². The van der Waals surface area contributed by atoms with Gasteiger partial charge in [-0.1, -0.05) is 30.0 Å². The monoisotopic (exact) mass is 464 g/mol. The summed E-state index contributed by atoms with van der Waals surface area (Å²) in [4.78, 5) is 32.0. The lowest BCUT2D eigenvalue weighted by Crippen LogP contribution is -2.23. The van der Waals surface area contributed by atoms with Crippen LogP contribution in [-0.2, 0) is 11.3 Å². The summed E-state index contributed by atoms with van der Waals surface area (Å²) in [5, 5.41) is 16.8. The molecule has 0 atom stereocenters. The quantitative estimate of drug-likeness (QED) is 0.237. The molecule has 3 aromatic heterocycles. The van der Waals surface area contributed by atoms with Gasteiger partial charge in [0, 0.05) is 28.1 Å². The van der Waals surface area contributed by atoms with Gasteiger partial charge in [-0.25, -0.2) is 4.98 Å². The van der Waals surface area contributed by atoms with Crippen LogP contribution in [-0.4, -0.2) is 21.2 Å². The van der Waals surface area contributed by atoms with Gasteiger partial charge in [0.15, 0.2) is 5.16 Å². The molecule has 1 aromatic carbocycles. The fourth-order valence-corrected chi connectivity index (χ4v) is 5.62. The van der Waals surface area contributed by atoms with Crippen molar-refractivity contribution in [1.82, 2.24) is 9.55 Å². The fraction of sp³-hybridized carbons (Fsp3) is 0.0909. The molecule has 3 heterocycles. The number of amides is 1. The van der Waals surface area contributed by atoms with Crippen molar-refractivity contribution in [3.8, 4) is 16.5 Å². The molecule has 0 spiro atoms. The van der Waals surface area contributed by atoms with Gasteiger partial charge in [-0.15, -0.1) is 29.3 Å².